The topological polar surface area (TPSA) is 102 Å². The molecule has 8 nitrogen and oxygen atoms in total. The molecule has 31 heavy (non-hydrogen) atoms. The Labute approximate surface area is 182 Å². The molecule has 166 valence electrons. The van der Waals surface area contributed by atoms with Crippen molar-refractivity contribution in [1.82, 2.24) is 10.3 Å². The summed E-state index contributed by atoms with van der Waals surface area (Å²) in [5, 5.41) is 5.58. The molecule has 2 heterocycles. The van der Waals surface area contributed by atoms with Gasteiger partial charge in [-0.1, -0.05) is 0 Å². The Balaban J connectivity index is 1.31. The summed E-state index contributed by atoms with van der Waals surface area (Å²) in [5.74, 6) is 1.15. The number of epoxide rings is 1. The lowest BCUT2D eigenvalue weighted by Gasteiger charge is -2.19. The van der Waals surface area contributed by atoms with Crippen molar-refractivity contribution < 1.29 is 23.8 Å². The second-order valence-corrected chi connectivity index (χ2v) is 8.32. The number of amides is 2. The molecule has 2 atom stereocenters. The number of hydrogen-bond acceptors (Lipinski definition) is 6. The molecule has 1 aromatic heterocycles. The van der Waals surface area contributed by atoms with Crippen LogP contribution in [0.1, 0.15) is 40.0 Å². The molecule has 0 saturated carbocycles. The molecule has 8 heteroatoms. The van der Waals surface area contributed by atoms with Crippen molar-refractivity contribution in [2.45, 2.75) is 57.8 Å². The molecule has 3 rings (SSSR count). The van der Waals surface area contributed by atoms with E-state index >= 15 is 0 Å². The number of nitrogens with zero attached hydrogens (tertiary/aromatic N) is 1. The Hall–Kier alpha value is -3.13. The lowest BCUT2D eigenvalue weighted by atomic mass is 10.1. The number of ether oxygens (including phenoxy) is 3. The largest absolute Gasteiger partial charge is 0.456 e. The van der Waals surface area contributed by atoms with Gasteiger partial charge in [0.2, 0.25) is 0 Å². The van der Waals surface area contributed by atoms with Gasteiger partial charge in [0, 0.05) is 18.4 Å². The second kappa shape index (κ2) is 10.3. The highest BCUT2D eigenvalue weighted by molar-refractivity contribution is 5.96. The molecule has 0 aliphatic carbocycles. The van der Waals surface area contributed by atoms with Crippen LogP contribution in [0.15, 0.2) is 48.8 Å². The van der Waals surface area contributed by atoms with Crippen LogP contribution in [0.2, 0.25) is 0 Å². The number of hydrogen-bond donors (Lipinski definition) is 2. The van der Waals surface area contributed by atoms with Gasteiger partial charge in [0.1, 0.15) is 17.1 Å². The first-order valence-electron chi connectivity index (χ1n) is 10.4. The molecule has 0 bridgehead atoms. The maximum Gasteiger partial charge on any atom is 0.407 e. The molecule has 2 amide bonds. The first-order valence-corrected chi connectivity index (χ1v) is 10.4. The number of pyridine rings is 1. The normalized spacial score (nSPS) is 17.5. The summed E-state index contributed by atoms with van der Waals surface area (Å²) in [4.78, 5) is 27.9. The van der Waals surface area contributed by atoms with Crippen molar-refractivity contribution in [2.24, 2.45) is 0 Å². The van der Waals surface area contributed by atoms with E-state index in [2.05, 4.69) is 15.6 Å². The minimum Gasteiger partial charge on any atom is -0.456 e. The van der Waals surface area contributed by atoms with Crippen LogP contribution in [0.5, 0.6) is 11.5 Å². The van der Waals surface area contributed by atoms with Gasteiger partial charge in [0.05, 0.1) is 12.3 Å². The van der Waals surface area contributed by atoms with Crippen LogP contribution >= 0.6 is 0 Å². The maximum absolute atomic E-state index is 12.3. The number of benzene rings is 1. The highest BCUT2D eigenvalue weighted by Gasteiger charge is 2.44. The maximum atomic E-state index is 12.3. The quantitative estimate of drug-likeness (QED) is 0.458. The zero-order valence-corrected chi connectivity index (χ0v) is 18.1. The van der Waals surface area contributed by atoms with E-state index < -0.39 is 17.8 Å². The lowest BCUT2D eigenvalue weighted by Crippen LogP contribution is -2.33. The van der Waals surface area contributed by atoms with Gasteiger partial charge in [0.15, 0.2) is 6.10 Å². The number of carbonyl (C=O) groups excluding carboxylic acids is 2. The molecular weight excluding hydrogens is 398 g/mol. The fourth-order valence-electron chi connectivity index (χ4n) is 2.93. The fraction of sp³-hybridized carbons (Fsp3) is 0.435. The van der Waals surface area contributed by atoms with Gasteiger partial charge in [-0.25, -0.2) is 4.79 Å². The van der Waals surface area contributed by atoms with Gasteiger partial charge < -0.3 is 24.8 Å². The average Bonchev–Trinajstić information content (AvgIpc) is 3.48. The van der Waals surface area contributed by atoms with E-state index in [9.17, 15) is 9.59 Å². The zero-order valence-electron chi connectivity index (χ0n) is 18.1. The molecule has 0 spiro atoms. The molecule has 0 radical (unpaired) electrons. The Bertz CT molecular complexity index is 865. The summed E-state index contributed by atoms with van der Waals surface area (Å²) in [5.41, 5.74) is 0.179. The third kappa shape index (κ3) is 7.90. The van der Waals surface area contributed by atoms with E-state index in [0.29, 0.717) is 23.7 Å². The van der Waals surface area contributed by atoms with Gasteiger partial charge >= 0.3 is 6.09 Å². The van der Waals surface area contributed by atoms with E-state index in [0.717, 1.165) is 19.3 Å². The van der Waals surface area contributed by atoms with E-state index in [1.165, 1.54) is 0 Å². The SMILES string of the molecule is CC(C)(C)OC(=O)NCCCC[C@H]1O[C@@H]1C(=O)Nc1ccc(Oc2cccnc2)cc1. The number of alkyl carbamates (subject to hydrolysis) is 1. The molecule has 2 aromatic rings. The van der Waals surface area contributed by atoms with Gasteiger partial charge in [0.25, 0.3) is 5.91 Å². The minimum atomic E-state index is -0.501. The predicted molar refractivity (Wildman–Crippen MR) is 116 cm³/mol. The third-order valence-electron chi connectivity index (χ3n) is 4.42. The number of unbranched alkanes of at least 4 members (excludes halogenated alkanes) is 1. The monoisotopic (exact) mass is 427 g/mol. The lowest BCUT2D eigenvalue weighted by molar-refractivity contribution is -0.117. The third-order valence-corrected chi connectivity index (χ3v) is 4.42. The summed E-state index contributed by atoms with van der Waals surface area (Å²) < 4.78 is 16.4. The van der Waals surface area contributed by atoms with Crippen molar-refractivity contribution in [1.29, 1.82) is 0 Å². The highest BCUT2D eigenvalue weighted by atomic mass is 16.6. The predicted octanol–water partition coefficient (Wildman–Crippen LogP) is 4.27. The fourth-order valence-corrected chi connectivity index (χ4v) is 2.93. The molecule has 0 unspecified atom stereocenters. The average molecular weight is 428 g/mol. The summed E-state index contributed by atoms with van der Waals surface area (Å²) in [6, 6.07) is 10.7. The van der Waals surface area contributed by atoms with E-state index in [4.69, 9.17) is 14.2 Å². The van der Waals surface area contributed by atoms with Crippen LogP contribution in [0, 0.1) is 0 Å². The summed E-state index contributed by atoms with van der Waals surface area (Å²) in [6.07, 6.45) is 4.82. The molecule has 1 aliphatic rings. The van der Waals surface area contributed by atoms with Crippen molar-refractivity contribution in [3.63, 3.8) is 0 Å². The number of rotatable bonds is 9. The number of nitrogens with one attached hydrogen (secondary N) is 2. The van der Waals surface area contributed by atoms with Crippen LogP contribution in [0.3, 0.4) is 0 Å². The van der Waals surface area contributed by atoms with Crippen molar-refractivity contribution in [3.8, 4) is 11.5 Å². The number of anilines is 1. The van der Waals surface area contributed by atoms with Gasteiger partial charge in [-0.2, -0.15) is 0 Å². The number of aromatic nitrogens is 1. The standard InChI is InChI=1S/C23H29N3O5/c1-23(2,3)31-22(28)25-14-5-4-8-19-20(30-19)21(27)26-16-9-11-17(12-10-16)29-18-7-6-13-24-15-18/h6-7,9-13,15,19-20H,4-5,8,14H2,1-3H3,(H,25,28)(H,26,27)/t19-,20+/m1/s1. The molecule has 1 fully saturated rings. The van der Waals surface area contributed by atoms with Crippen molar-refractivity contribution in [3.05, 3.63) is 48.8 Å². The molecule has 1 saturated heterocycles. The summed E-state index contributed by atoms with van der Waals surface area (Å²) in [6.45, 7) is 6.01. The Morgan fingerprint density at radius 3 is 2.55 bits per heavy atom. The second-order valence-electron chi connectivity index (χ2n) is 8.32. The minimum absolute atomic E-state index is 0.0743. The van der Waals surface area contributed by atoms with Gasteiger partial charge in [-0.3, -0.25) is 9.78 Å². The first kappa shape index (κ1) is 22.6. The number of carbonyl (C=O) groups is 2. The van der Waals surface area contributed by atoms with E-state index in [-0.39, 0.29) is 12.0 Å². The summed E-state index contributed by atoms with van der Waals surface area (Å²) in [7, 11) is 0. The van der Waals surface area contributed by atoms with Gasteiger partial charge in [-0.05, 0) is 76.4 Å². The van der Waals surface area contributed by atoms with Crippen LogP contribution < -0.4 is 15.4 Å². The van der Waals surface area contributed by atoms with E-state index in [1.807, 2.05) is 26.8 Å². The Morgan fingerprint density at radius 2 is 1.87 bits per heavy atom. The van der Waals surface area contributed by atoms with E-state index in [1.54, 1.807) is 42.7 Å². The van der Waals surface area contributed by atoms with Crippen LogP contribution in [-0.2, 0) is 14.3 Å². The van der Waals surface area contributed by atoms with Crippen molar-refractivity contribution in [2.75, 3.05) is 11.9 Å². The van der Waals surface area contributed by atoms with Crippen LogP contribution in [0.4, 0.5) is 10.5 Å². The van der Waals surface area contributed by atoms with Crippen LogP contribution in [0.25, 0.3) is 0 Å². The Kier molecular flexibility index (Phi) is 7.46. The van der Waals surface area contributed by atoms with Gasteiger partial charge in [-0.15, -0.1) is 0 Å². The molecule has 1 aromatic carbocycles. The van der Waals surface area contributed by atoms with Crippen molar-refractivity contribution >= 4 is 17.7 Å². The molecule has 1 aliphatic heterocycles. The summed E-state index contributed by atoms with van der Waals surface area (Å²) >= 11 is 0. The highest BCUT2D eigenvalue weighted by Crippen LogP contribution is 2.29. The Morgan fingerprint density at radius 1 is 1.10 bits per heavy atom. The molecular formula is C23H29N3O5. The van der Waals surface area contributed by atoms with Crippen LogP contribution in [-0.4, -0.2) is 41.3 Å². The first-order chi connectivity index (χ1) is 14.8. The smallest absolute Gasteiger partial charge is 0.407 e. The zero-order chi connectivity index (χ0) is 22.3. The molecule has 2 N–H and O–H groups in total.